The number of hydrogen-bond donors (Lipinski definition) is 2. The van der Waals surface area contributed by atoms with Crippen molar-refractivity contribution in [2.24, 2.45) is 0 Å². The van der Waals surface area contributed by atoms with Crippen molar-refractivity contribution in [2.45, 2.75) is 13.0 Å². The first kappa shape index (κ1) is 15.0. The SMILES string of the molecule is COCC(NC(=O)N(C)c1ccc(C)cc1)C(=O)O. The number of anilines is 1. The van der Waals surface area contributed by atoms with E-state index in [1.54, 1.807) is 19.2 Å². The highest BCUT2D eigenvalue weighted by Crippen LogP contribution is 2.13. The molecule has 1 rings (SSSR count). The quantitative estimate of drug-likeness (QED) is 0.840. The Morgan fingerprint density at radius 3 is 2.42 bits per heavy atom. The Hall–Kier alpha value is -2.08. The normalized spacial score (nSPS) is 11.7. The lowest BCUT2D eigenvalue weighted by atomic mass is 10.2. The van der Waals surface area contributed by atoms with Gasteiger partial charge in [0, 0.05) is 19.8 Å². The number of amides is 2. The van der Waals surface area contributed by atoms with E-state index in [1.165, 1.54) is 12.0 Å². The van der Waals surface area contributed by atoms with Crippen molar-refractivity contribution in [3.05, 3.63) is 29.8 Å². The van der Waals surface area contributed by atoms with Gasteiger partial charge in [0.05, 0.1) is 6.61 Å². The minimum atomic E-state index is -1.13. The molecule has 6 heteroatoms. The van der Waals surface area contributed by atoms with Crippen LogP contribution in [0.25, 0.3) is 0 Å². The van der Waals surface area contributed by atoms with Gasteiger partial charge in [-0.05, 0) is 19.1 Å². The zero-order chi connectivity index (χ0) is 14.4. The van der Waals surface area contributed by atoms with Gasteiger partial charge in [0.25, 0.3) is 0 Å². The van der Waals surface area contributed by atoms with E-state index in [0.29, 0.717) is 5.69 Å². The highest BCUT2D eigenvalue weighted by atomic mass is 16.5. The lowest BCUT2D eigenvalue weighted by Crippen LogP contribution is -2.48. The third kappa shape index (κ3) is 4.26. The van der Waals surface area contributed by atoms with Gasteiger partial charge in [0.2, 0.25) is 0 Å². The van der Waals surface area contributed by atoms with Gasteiger partial charge in [0.1, 0.15) is 0 Å². The molecule has 104 valence electrons. The lowest BCUT2D eigenvalue weighted by Gasteiger charge is -2.21. The van der Waals surface area contributed by atoms with Crippen molar-refractivity contribution in [2.75, 3.05) is 25.7 Å². The van der Waals surface area contributed by atoms with Crippen molar-refractivity contribution < 1.29 is 19.4 Å². The molecule has 0 heterocycles. The van der Waals surface area contributed by atoms with Crippen molar-refractivity contribution in [3.63, 3.8) is 0 Å². The molecule has 0 aliphatic rings. The average Bonchev–Trinajstić information content (AvgIpc) is 2.38. The number of nitrogens with zero attached hydrogens (tertiary/aromatic N) is 1. The van der Waals surface area contributed by atoms with E-state index in [-0.39, 0.29) is 6.61 Å². The topological polar surface area (TPSA) is 78.9 Å². The molecule has 6 nitrogen and oxygen atoms in total. The van der Waals surface area contributed by atoms with Gasteiger partial charge in [0.15, 0.2) is 6.04 Å². The summed E-state index contributed by atoms with van der Waals surface area (Å²) in [6.45, 7) is 1.87. The fourth-order valence-corrected chi connectivity index (χ4v) is 1.47. The number of carboxylic acids is 1. The largest absolute Gasteiger partial charge is 0.480 e. The summed E-state index contributed by atoms with van der Waals surface area (Å²) < 4.78 is 4.75. The van der Waals surface area contributed by atoms with Crippen LogP contribution in [0.2, 0.25) is 0 Å². The first-order chi connectivity index (χ1) is 8.95. The van der Waals surface area contributed by atoms with E-state index >= 15 is 0 Å². The molecule has 1 aromatic rings. The van der Waals surface area contributed by atoms with E-state index in [4.69, 9.17) is 9.84 Å². The Bertz CT molecular complexity index is 444. The number of benzene rings is 1. The molecule has 1 unspecified atom stereocenters. The molecule has 2 N–H and O–H groups in total. The van der Waals surface area contributed by atoms with Crippen molar-refractivity contribution in [1.29, 1.82) is 0 Å². The molecule has 0 aromatic heterocycles. The predicted molar refractivity (Wildman–Crippen MR) is 71.4 cm³/mol. The third-order valence-corrected chi connectivity index (χ3v) is 2.66. The standard InChI is InChI=1S/C13H18N2O4/c1-9-4-6-10(7-5-9)15(2)13(18)14-11(8-19-3)12(16)17/h4-7,11H,8H2,1-3H3,(H,14,18)(H,16,17). The summed E-state index contributed by atoms with van der Waals surface area (Å²) in [5, 5.41) is 11.3. The highest BCUT2D eigenvalue weighted by molar-refractivity contribution is 5.94. The molecule has 0 fully saturated rings. The van der Waals surface area contributed by atoms with E-state index in [9.17, 15) is 9.59 Å². The fourth-order valence-electron chi connectivity index (χ4n) is 1.47. The first-order valence-corrected chi connectivity index (χ1v) is 5.78. The zero-order valence-corrected chi connectivity index (χ0v) is 11.2. The number of carboxylic acid groups (broad SMARTS) is 1. The van der Waals surface area contributed by atoms with Crippen LogP contribution in [-0.4, -0.2) is 43.9 Å². The van der Waals surface area contributed by atoms with Gasteiger partial charge in [-0.25, -0.2) is 9.59 Å². The summed E-state index contributed by atoms with van der Waals surface area (Å²) in [6.07, 6.45) is 0. The third-order valence-electron chi connectivity index (χ3n) is 2.66. The van der Waals surface area contributed by atoms with Crippen LogP contribution >= 0.6 is 0 Å². The Morgan fingerprint density at radius 1 is 1.37 bits per heavy atom. The van der Waals surface area contributed by atoms with Crippen LogP contribution in [0, 0.1) is 6.92 Å². The predicted octanol–water partition coefficient (Wildman–Crippen LogP) is 1.24. The number of rotatable bonds is 5. The monoisotopic (exact) mass is 266 g/mol. The second-order valence-electron chi connectivity index (χ2n) is 4.19. The number of aryl methyl sites for hydroxylation is 1. The fraction of sp³-hybridized carbons (Fsp3) is 0.385. The van der Waals surface area contributed by atoms with E-state index in [1.807, 2.05) is 19.1 Å². The van der Waals surface area contributed by atoms with E-state index < -0.39 is 18.0 Å². The number of urea groups is 1. The molecule has 1 atom stereocenters. The maximum atomic E-state index is 11.9. The number of nitrogens with one attached hydrogen (secondary N) is 1. The van der Waals surface area contributed by atoms with Crippen molar-refractivity contribution in [1.82, 2.24) is 5.32 Å². The molecule has 1 aromatic carbocycles. The molecule has 0 bridgehead atoms. The average molecular weight is 266 g/mol. The summed E-state index contributed by atoms with van der Waals surface area (Å²) in [6, 6.07) is 5.78. The van der Waals surface area contributed by atoms with Crippen LogP contribution in [0.1, 0.15) is 5.56 Å². The molecule has 0 saturated carbocycles. The zero-order valence-electron chi connectivity index (χ0n) is 11.2. The number of ether oxygens (including phenoxy) is 1. The number of aliphatic carboxylic acids is 1. The Kier molecular flexibility index (Phi) is 5.32. The number of carbonyl (C=O) groups is 2. The van der Waals surface area contributed by atoms with Gasteiger partial charge < -0.3 is 15.2 Å². The van der Waals surface area contributed by atoms with Gasteiger partial charge in [-0.3, -0.25) is 4.90 Å². The summed E-state index contributed by atoms with van der Waals surface area (Å²) in [5.74, 6) is -1.13. The summed E-state index contributed by atoms with van der Waals surface area (Å²) >= 11 is 0. The van der Waals surface area contributed by atoms with Crippen molar-refractivity contribution >= 4 is 17.7 Å². The van der Waals surface area contributed by atoms with Crippen LogP contribution in [-0.2, 0) is 9.53 Å². The highest BCUT2D eigenvalue weighted by Gasteiger charge is 2.22. The molecule has 0 saturated heterocycles. The van der Waals surface area contributed by atoms with Crippen LogP contribution < -0.4 is 10.2 Å². The summed E-state index contributed by atoms with van der Waals surface area (Å²) in [7, 11) is 2.96. The molecule has 2 amide bonds. The van der Waals surface area contributed by atoms with Crippen LogP contribution in [0.4, 0.5) is 10.5 Å². The molecular weight excluding hydrogens is 248 g/mol. The Balaban J connectivity index is 2.71. The number of hydrogen-bond acceptors (Lipinski definition) is 3. The molecule has 0 aliphatic heterocycles. The van der Waals surface area contributed by atoms with Crippen LogP contribution in [0.15, 0.2) is 24.3 Å². The first-order valence-electron chi connectivity index (χ1n) is 5.78. The van der Waals surface area contributed by atoms with Crippen LogP contribution in [0.3, 0.4) is 0 Å². The van der Waals surface area contributed by atoms with E-state index in [2.05, 4.69) is 5.32 Å². The maximum absolute atomic E-state index is 11.9. The number of carbonyl (C=O) groups excluding carboxylic acids is 1. The Labute approximate surface area is 112 Å². The van der Waals surface area contributed by atoms with Gasteiger partial charge in [-0.2, -0.15) is 0 Å². The number of methoxy groups -OCH3 is 1. The minimum Gasteiger partial charge on any atom is -0.480 e. The molecule has 19 heavy (non-hydrogen) atoms. The lowest BCUT2D eigenvalue weighted by molar-refractivity contribution is -0.140. The van der Waals surface area contributed by atoms with Gasteiger partial charge >= 0.3 is 12.0 Å². The second kappa shape index (κ2) is 6.75. The molecule has 0 spiro atoms. The second-order valence-corrected chi connectivity index (χ2v) is 4.19. The summed E-state index contributed by atoms with van der Waals surface area (Å²) in [4.78, 5) is 24.2. The Morgan fingerprint density at radius 2 is 1.95 bits per heavy atom. The van der Waals surface area contributed by atoms with Crippen molar-refractivity contribution in [3.8, 4) is 0 Å². The summed E-state index contributed by atoms with van der Waals surface area (Å²) in [5.41, 5.74) is 1.77. The maximum Gasteiger partial charge on any atom is 0.328 e. The van der Waals surface area contributed by atoms with Gasteiger partial charge in [-0.1, -0.05) is 17.7 Å². The minimum absolute atomic E-state index is 0.0805. The van der Waals surface area contributed by atoms with Crippen LogP contribution in [0.5, 0.6) is 0 Å². The molecule has 0 radical (unpaired) electrons. The van der Waals surface area contributed by atoms with Gasteiger partial charge in [-0.15, -0.1) is 0 Å². The van der Waals surface area contributed by atoms with E-state index in [0.717, 1.165) is 5.56 Å². The molecule has 0 aliphatic carbocycles. The smallest absolute Gasteiger partial charge is 0.328 e. The molecular formula is C13H18N2O4.